The lowest BCUT2D eigenvalue weighted by atomic mass is 9.63. The van der Waals surface area contributed by atoms with Crippen molar-refractivity contribution in [3.8, 4) is 0 Å². The first-order chi connectivity index (χ1) is 15.8. The zero-order valence-electron chi connectivity index (χ0n) is 20.9. The normalized spacial score (nSPS) is 20.9. The third kappa shape index (κ3) is 10.3. The summed E-state index contributed by atoms with van der Waals surface area (Å²) < 4.78 is 19.9. The fraction of sp³-hybridized carbons (Fsp3) is 0.667. The molecule has 0 spiro atoms. The van der Waals surface area contributed by atoms with Gasteiger partial charge in [-0.25, -0.2) is 19.2 Å². The van der Waals surface area contributed by atoms with Crippen molar-refractivity contribution in [3.05, 3.63) is 24.3 Å². The van der Waals surface area contributed by atoms with Gasteiger partial charge in [-0.3, -0.25) is 0 Å². The number of alkyl carbamates (subject to hydrolysis) is 2. The third-order valence-corrected chi connectivity index (χ3v) is 5.93. The van der Waals surface area contributed by atoms with Crippen LogP contribution in [0.25, 0.3) is 0 Å². The smallest absolute Gasteiger partial charge is 0.407 e. The van der Waals surface area contributed by atoms with E-state index in [4.69, 9.17) is 18.9 Å². The Labute approximate surface area is 201 Å². The zero-order chi connectivity index (χ0) is 25.9. The highest BCUT2D eigenvalue weighted by Gasteiger charge is 2.41. The third-order valence-electron chi connectivity index (χ3n) is 5.93. The van der Waals surface area contributed by atoms with Gasteiger partial charge in [0, 0.05) is 23.7 Å². The first-order valence-electron chi connectivity index (χ1n) is 11.3. The number of carbonyl (C=O) groups excluding carboxylic acids is 4. The second kappa shape index (κ2) is 13.6. The summed E-state index contributed by atoms with van der Waals surface area (Å²) in [6.45, 7) is 16.5. The Hall–Kier alpha value is -3.04. The van der Waals surface area contributed by atoms with Crippen molar-refractivity contribution < 1.29 is 38.1 Å². The molecular formula is C24H38N2O8. The van der Waals surface area contributed by atoms with Crippen LogP contribution in [0.2, 0.25) is 0 Å². The first kappa shape index (κ1) is 29.0. The van der Waals surface area contributed by atoms with E-state index >= 15 is 0 Å². The van der Waals surface area contributed by atoms with Gasteiger partial charge < -0.3 is 29.6 Å². The van der Waals surface area contributed by atoms with Crippen LogP contribution < -0.4 is 10.6 Å². The lowest BCUT2D eigenvalue weighted by Gasteiger charge is -2.46. The number of rotatable bonds is 11. The Morgan fingerprint density at radius 1 is 0.853 bits per heavy atom. The molecule has 2 N–H and O–H groups in total. The Kier molecular flexibility index (Phi) is 11.6. The number of esters is 2. The summed E-state index contributed by atoms with van der Waals surface area (Å²) in [7, 11) is 0. The zero-order valence-corrected chi connectivity index (χ0v) is 20.9. The van der Waals surface area contributed by atoms with Crippen molar-refractivity contribution in [1.29, 1.82) is 0 Å². The van der Waals surface area contributed by atoms with Crippen molar-refractivity contribution in [2.75, 3.05) is 33.0 Å². The van der Waals surface area contributed by atoms with Gasteiger partial charge in [0.1, 0.15) is 26.4 Å². The highest BCUT2D eigenvalue weighted by molar-refractivity contribution is 5.87. The second-order valence-corrected chi connectivity index (χ2v) is 9.30. The SMILES string of the molecule is C=C(C)C(=O)OCCOC(=O)NCC1CC(NC(=O)OCCOC(=O)C(=C)C)CC(C)(C)C1C. The van der Waals surface area contributed by atoms with Gasteiger partial charge in [0.25, 0.3) is 0 Å². The van der Waals surface area contributed by atoms with Crippen molar-refractivity contribution in [2.24, 2.45) is 17.3 Å². The maximum Gasteiger partial charge on any atom is 0.407 e. The molecule has 34 heavy (non-hydrogen) atoms. The molecule has 10 heteroatoms. The van der Waals surface area contributed by atoms with Crippen LogP contribution >= 0.6 is 0 Å². The molecule has 0 saturated heterocycles. The fourth-order valence-corrected chi connectivity index (χ4v) is 3.74. The van der Waals surface area contributed by atoms with Crippen molar-refractivity contribution >= 4 is 24.1 Å². The summed E-state index contributed by atoms with van der Waals surface area (Å²) in [5.41, 5.74) is 0.467. The van der Waals surface area contributed by atoms with E-state index in [1.807, 2.05) is 0 Å². The van der Waals surface area contributed by atoms with Gasteiger partial charge in [0.05, 0.1) is 0 Å². The molecule has 0 bridgehead atoms. The molecule has 0 aromatic rings. The summed E-state index contributed by atoms with van der Waals surface area (Å²) in [6.07, 6.45) is 0.219. The number of hydrogen-bond donors (Lipinski definition) is 2. The fourth-order valence-electron chi connectivity index (χ4n) is 3.74. The van der Waals surface area contributed by atoms with Gasteiger partial charge >= 0.3 is 24.1 Å². The average molecular weight is 483 g/mol. The summed E-state index contributed by atoms with van der Waals surface area (Å²) >= 11 is 0. The molecule has 0 aliphatic heterocycles. The van der Waals surface area contributed by atoms with Crippen molar-refractivity contribution in [2.45, 2.75) is 53.5 Å². The standard InChI is InChI=1S/C24H38N2O8/c1-15(2)20(27)31-8-10-33-22(29)25-14-18-12-19(13-24(6,7)17(18)5)26-23(30)34-11-9-32-21(28)16(3)4/h17-19H,1,3,8-14H2,2,4-7H3,(H,25,29)(H,26,30). The van der Waals surface area contributed by atoms with E-state index in [9.17, 15) is 19.2 Å². The Bertz CT molecular complexity index is 777. The van der Waals surface area contributed by atoms with E-state index in [1.54, 1.807) is 0 Å². The molecule has 0 aromatic heterocycles. The van der Waals surface area contributed by atoms with Gasteiger partial charge in [-0.1, -0.05) is 33.9 Å². The molecule has 3 atom stereocenters. The number of hydrogen-bond acceptors (Lipinski definition) is 8. The lowest BCUT2D eigenvalue weighted by Crippen LogP contribution is -2.50. The molecule has 0 aromatic carbocycles. The summed E-state index contributed by atoms with van der Waals surface area (Å²) in [5.74, 6) is -0.694. The van der Waals surface area contributed by atoms with Gasteiger partial charge in [0.15, 0.2) is 0 Å². The maximum atomic E-state index is 12.2. The quantitative estimate of drug-likeness (QED) is 0.199. The summed E-state index contributed by atoms with van der Waals surface area (Å²) in [6, 6.07) is -0.138. The predicted octanol–water partition coefficient (Wildman–Crippen LogP) is 3.12. The molecule has 1 aliphatic rings. The van der Waals surface area contributed by atoms with Crippen LogP contribution in [0.4, 0.5) is 9.59 Å². The minimum atomic E-state index is -0.602. The average Bonchev–Trinajstić information content (AvgIpc) is 2.74. The van der Waals surface area contributed by atoms with E-state index in [0.717, 1.165) is 6.42 Å². The Morgan fingerprint density at radius 2 is 1.32 bits per heavy atom. The maximum absolute atomic E-state index is 12.2. The molecule has 3 unspecified atom stereocenters. The molecule has 1 saturated carbocycles. The summed E-state index contributed by atoms with van der Waals surface area (Å²) in [4.78, 5) is 46.8. The number of amides is 2. The molecule has 2 amide bonds. The molecule has 1 rings (SSSR count). The Balaban J connectivity index is 2.44. The van der Waals surface area contributed by atoms with E-state index in [2.05, 4.69) is 44.6 Å². The van der Waals surface area contributed by atoms with Gasteiger partial charge in [0.2, 0.25) is 0 Å². The lowest BCUT2D eigenvalue weighted by molar-refractivity contribution is -0.140. The van der Waals surface area contributed by atoms with Gasteiger partial charge in [-0.15, -0.1) is 0 Å². The van der Waals surface area contributed by atoms with E-state index in [0.29, 0.717) is 13.0 Å². The summed E-state index contributed by atoms with van der Waals surface area (Å²) in [5, 5.41) is 5.61. The minimum absolute atomic E-state index is 0.0483. The van der Waals surface area contributed by atoms with Crippen LogP contribution in [0.3, 0.4) is 0 Å². The van der Waals surface area contributed by atoms with Gasteiger partial charge in [-0.2, -0.15) is 0 Å². The minimum Gasteiger partial charge on any atom is -0.459 e. The molecular weight excluding hydrogens is 444 g/mol. The van der Waals surface area contributed by atoms with E-state index < -0.39 is 24.1 Å². The highest BCUT2D eigenvalue weighted by Crippen LogP contribution is 2.43. The Morgan fingerprint density at radius 3 is 1.82 bits per heavy atom. The van der Waals surface area contributed by atoms with Crippen LogP contribution in [0.1, 0.15) is 47.5 Å². The number of ether oxygens (including phenoxy) is 4. The molecule has 0 heterocycles. The van der Waals surface area contributed by atoms with Crippen LogP contribution in [-0.4, -0.2) is 63.1 Å². The van der Waals surface area contributed by atoms with E-state index in [-0.39, 0.29) is 60.9 Å². The molecule has 192 valence electrons. The van der Waals surface area contributed by atoms with E-state index in [1.165, 1.54) is 13.8 Å². The molecule has 1 fully saturated rings. The topological polar surface area (TPSA) is 129 Å². The highest BCUT2D eigenvalue weighted by atomic mass is 16.6. The monoisotopic (exact) mass is 482 g/mol. The molecule has 10 nitrogen and oxygen atoms in total. The van der Waals surface area contributed by atoms with Crippen LogP contribution in [0, 0.1) is 17.3 Å². The van der Waals surface area contributed by atoms with Crippen LogP contribution in [0.15, 0.2) is 24.3 Å². The first-order valence-corrected chi connectivity index (χ1v) is 11.3. The molecule has 1 aliphatic carbocycles. The number of carbonyl (C=O) groups is 4. The van der Waals surface area contributed by atoms with Crippen LogP contribution in [-0.2, 0) is 28.5 Å². The van der Waals surface area contributed by atoms with Crippen molar-refractivity contribution in [3.63, 3.8) is 0 Å². The molecule has 0 radical (unpaired) electrons. The van der Waals surface area contributed by atoms with Gasteiger partial charge in [-0.05, 0) is 43.9 Å². The predicted molar refractivity (Wildman–Crippen MR) is 125 cm³/mol. The van der Waals surface area contributed by atoms with Crippen molar-refractivity contribution in [1.82, 2.24) is 10.6 Å². The second-order valence-electron chi connectivity index (χ2n) is 9.30. The largest absolute Gasteiger partial charge is 0.459 e. The van der Waals surface area contributed by atoms with Crippen LogP contribution in [0.5, 0.6) is 0 Å². The number of nitrogens with one attached hydrogen (secondary N) is 2.